The highest BCUT2D eigenvalue weighted by Gasteiger charge is 2.17. The molecule has 3 heteroatoms. The van der Waals surface area contributed by atoms with Gasteiger partial charge in [0.2, 0.25) is 0 Å². The highest BCUT2D eigenvalue weighted by molar-refractivity contribution is 6.12. The maximum Gasteiger partial charge on any atom is 0.143 e. The molecule has 0 saturated heterocycles. The summed E-state index contributed by atoms with van der Waals surface area (Å²) in [6.07, 6.45) is 0. The third kappa shape index (κ3) is 3.46. The fourth-order valence-corrected chi connectivity index (χ4v) is 7.36. The van der Waals surface area contributed by atoms with Crippen LogP contribution in [0.4, 0.5) is 0 Å². The summed E-state index contributed by atoms with van der Waals surface area (Å²) in [5.41, 5.74) is 11.1. The summed E-state index contributed by atoms with van der Waals surface area (Å²) in [7, 11) is 0. The minimum Gasteiger partial charge on any atom is -0.455 e. The molecule has 0 unspecified atom stereocenters. The summed E-state index contributed by atoms with van der Waals surface area (Å²) < 4.78 is 11.2. The number of hydrogen-bond donors (Lipinski definition) is 0. The van der Waals surface area contributed by atoms with Crippen LogP contribution in [0.15, 0.2) is 162 Å². The van der Waals surface area contributed by atoms with Gasteiger partial charge in [-0.05, 0) is 54.1 Å². The van der Waals surface area contributed by atoms with Crippen molar-refractivity contribution < 1.29 is 4.42 Å². The van der Waals surface area contributed by atoms with E-state index in [4.69, 9.17) is 4.42 Å². The van der Waals surface area contributed by atoms with Gasteiger partial charge in [0.25, 0.3) is 0 Å². The first-order chi connectivity index (χ1) is 22.3. The standard InChI is InChI=1S/C42H26N2O/c1-5-19-37-31(13-1)32-14-2-6-20-38(32)43(37)29-23-24-34-33-15-3-7-21-39(33)44(40(34)26-29)28-12-9-11-27(25-28)30-17-10-18-36-35-16-4-8-22-41(35)45-42(30)36/h1-26H. The lowest BCUT2D eigenvalue weighted by Gasteiger charge is -2.12. The Hall–Kier alpha value is -6.06. The Morgan fingerprint density at radius 1 is 0.356 bits per heavy atom. The molecule has 0 amide bonds. The van der Waals surface area contributed by atoms with Gasteiger partial charge < -0.3 is 13.6 Å². The molecule has 0 fully saturated rings. The molecule has 10 rings (SSSR count). The van der Waals surface area contributed by atoms with Crippen LogP contribution in [-0.4, -0.2) is 9.13 Å². The van der Waals surface area contributed by atoms with E-state index >= 15 is 0 Å². The summed E-state index contributed by atoms with van der Waals surface area (Å²) in [6, 6.07) is 56.5. The zero-order valence-corrected chi connectivity index (χ0v) is 24.3. The summed E-state index contributed by atoms with van der Waals surface area (Å²) in [4.78, 5) is 0. The Kier molecular flexibility index (Phi) is 5.00. The minimum absolute atomic E-state index is 0.913. The Bertz CT molecular complexity index is 2720. The molecule has 210 valence electrons. The fraction of sp³-hybridized carbons (Fsp3) is 0. The molecule has 0 spiro atoms. The van der Waals surface area contributed by atoms with Gasteiger partial charge in [-0.3, -0.25) is 0 Å². The van der Waals surface area contributed by atoms with Gasteiger partial charge in [-0.15, -0.1) is 0 Å². The van der Waals surface area contributed by atoms with E-state index in [0.717, 1.165) is 44.4 Å². The van der Waals surface area contributed by atoms with Gasteiger partial charge in [0.1, 0.15) is 11.2 Å². The number of para-hydroxylation sites is 5. The monoisotopic (exact) mass is 574 g/mol. The first kappa shape index (κ1) is 24.4. The highest BCUT2D eigenvalue weighted by Crippen LogP contribution is 2.39. The van der Waals surface area contributed by atoms with E-state index in [1.807, 2.05) is 12.1 Å². The second-order valence-electron chi connectivity index (χ2n) is 11.8. The molecule has 0 aliphatic carbocycles. The normalized spacial score (nSPS) is 12.0. The van der Waals surface area contributed by atoms with Gasteiger partial charge in [0.05, 0.1) is 22.1 Å². The van der Waals surface area contributed by atoms with E-state index in [1.54, 1.807) is 0 Å². The number of hydrogen-bond acceptors (Lipinski definition) is 1. The molecule has 3 aromatic heterocycles. The minimum atomic E-state index is 0.913. The van der Waals surface area contributed by atoms with E-state index in [1.165, 1.54) is 43.6 Å². The zero-order chi connectivity index (χ0) is 29.5. The summed E-state index contributed by atoms with van der Waals surface area (Å²) in [5.74, 6) is 0. The SMILES string of the molecule is c1cc(-c2cccc3c2oc2ccccc23)cc(-n2c3ccccc3c3ccc(-n4c5ccccc5c5ccccc54)cc32)c1. The lowest BCUT2D eigenvalue weighted by atomic mass is 10.0. The molecule has 0 aliphatic rings. The molecule has 0 bridgehead atoms. The average molecular weight is 575 g/mol. The van der Waals surface area contributed by atoms with E-state index in [0.29, 0.717) is 0 Å². The molecule has 45 heavy (non-hydrogen) atoms. The molecule has 0 N–H and O–H groups in total. The van der Waals surface area contributed by atoms with Crippen molar-refractivity contribution in [2.24, 2.45) is 0 Å². The number of nitrogens with zero attached hydrogens (tertiary/aromatic N) is 2. The number of aromatic nitrogens is 2. The van der Waals surface area contributed by atoms with Crippen LogP contribution in [-0.2, 0) is 0 Å². The number of furan rings is 1. The van der Waals surface area contributed by atoms with Crippen LogP contribution in [0.1, 0.15) is 0 Å². The lowest BCUT2D eigenvalue weighted by molar-refractivity contribution is 0.670. The van der Waals surface area contributed by atoms with Crippen molar-refractivity contribution in [1.82, 2.24) is 9.13 Å². The molecule has 0 atom stereocenters. The van der Waals surface area contributed by atoms with Gasteiger partial charge in [-0.1, -0.05) is 109 Å². The number of benzene rings is 7. The quantitative estimate of drug-likeness (QED) is 0.206. The van der Waals surface area contributed by atoms with Crippen molar-refractivity contribution in [1.29, 1.82) is 0 Å². The largest absolute Gasteiger partial charge is 0.455 e. The maximum atomic E-state index is 6.43. The van der Waals surface area contributed by atoms with Crippen LogP contribution in [0.25, 0.3) is 88.1 Å². The average Bonchev–Trinajstić information content (AvgIpc) is 3.76. The molecule has 7 aromatic carbocycles. The molecule has 10 aromatic rings. The van der Waals surface area contributed by atoms with Crippen molar-refractivity contribution in [3.8, 4) is 22.5 Å². The molecular formula is C42H26N2O. The van der Waals surface area contributed by atoms with Crippen LogP contribution in [0.5, 0.6) is 0 Å². The van der Waals surface area contributed by atoms with Crippen molar-refractivity contribution in [2.75, 3.05) is 0 Å². The van der Waals surface area contributed by atoms with Gasteiger partial charge in [0.15, 0.2) is 0 Å². The molecule has 0 aliphatic heterocycles. The number of rotatable bonds is 3. The third-order valence-electron chi connectivity index (χ3n) is 9.32. The van der Waals surface area contributed by atoms with Crippen LogP contribution in [0, 0.1) is 0 Å². The molecule has 3 nitrogen and oxygen atoms in total. The highest BCUT2D eigenvalue weighted by atomic mass is 16.3. The first-order valence-corrected chi connectivity index (χ1v) is 15.4. The van der Waals surface area contributed by atoms with Crippen molar-refractivity contribution in [3.05, 3.63) is 158 Å². The van der Waals surface area contributed by atoms with E-state index < -0.39 is 0 Å². The summed E-state index contributed by atoms with van der Waals surface area (Å²) in [5, 5.41) is 7.29. The van der Waals surface area contributed by atoms with Gasteiger partial charge in [-0.25, -0.2) is 0 Å². The van der Waals surface area contributed by atoms with Crippen LogP contribution >= 0.6 is 0 Å². The van der Waals surface area contributed by atoms with Gasteiger partial charge >= 0.3 is 0 Å². The smallest absolute Gasteiger partial charge is 0.143 e. The van der Waals surface area contributed by atoms with Crippen molar-refractivity contribution in [3.63, 3.8) is 0 Å². The van der Waals surface area contributed by atoms with E-state index in [-0.39, 0.29) is 0 Å². The third-order valence-corrected chi connectivity index (χ3v) is 9.32. The Labute approximate surface area is 258 Å². The van der Waals surface area contributed by atoms with Crippen molar-refractivity contribution in [2.45, 2.75) is 0 Å². The first-order valence-electron chi connectivity index (χ1n) is 15.4. The van der Waals surface area contributed by atoms with Crippen LogP contribution < -0.4 is 0 Å². The fourth-order valence-electron chi connectivity index (χ4n) is 7.36. The Morgan fingerprint density at radius 2 is 0.889 bits per heavy atom. The Balaban J connectivity index is 1.23. The second kappa shape index (κ2) is 9.22. The number of fused-ring (bicyclic) bond motifs is 9. The van der Waals surface area contributed by atoms with Crippen LogP contribution in [0.2, 0.25) is 0 Å². The second-order valence-corrected chi connectivity index (χ2v) is 11.8. The van der Waals surface area contributed by atoms with Gasteiger partial charge in [0, 0.05) is 49.3 Å². The van der Waals surface area contributed by atoms with E-state index in [9.17, 15) is 0 Å². The Morgan fingerprint density at radius 3 is 1.60 bits per heavy atom. The molecule has 0 saturated carbocycles. The van der Waals surface area contributed by atoms with E-state index in [2.05, 4.69) is 155 Å². The zero-order valence-electron chi connectivity index (χ0n) is 24.3. The van der Waals surface area contributed by atoms with Crippen LogP contribution in [0.3, 0.4) is 0 Å². The predicted octanol–water partition coefficient (Wildman–Crippen LogP) is 11.4. The van der Waals surface area contributed by atoms with Gasteiger partial charge in [-0.2, -0.15) is 0 Å². The van der Waals surface area contributed by atoms with Crippen molar-refractivity contribution >= 4 is 65.6 Å². The lowest BCUT2D eigenvalue weighted by Crippen LogP contribution is -1.97. The maximum absolute atomic E-state index is 6.43. The summed E-state index contributed by atoms with van der Waals surface area (Å²) in [6.45, 7) is 0. The molecule has 0 radical (unpaired) electrons. The molecular weight excluding hydrogens is 548 g/mol. The molecule has 3 heterocycles. The topological polar surface area (TPSA) is 23.0 Å². The summed E-state index contributed by atoms with van der Waals surface area (Å²) >= 11 is 0. The predicted molar refractivity (Wildman–Crippen MR) is 188 cm³/mol.